The van der Waals surface area contributed by atoms with Crippen molar-refractivity contribution in [3.8, 4) is 0 Å². The molecule has 2 rings (SSSR count). The SMILES string of the molecule is CC(C)c1cc(CO)cc(N2CCC(N(C)C)C2)n1. The van der Waals surface area contributed by atoms with Gasteiger partial charge in [-0.3, -0.25) is 0 Å². The number of aliphatic hydroxyl groups excluding tert-OH is 1. The smallest absolute Gasteiger partial charge is 0.129 e. The molecule has 0 spiro atoms. The van der Waals surface area contributed by atoms with Crippen molar-refractivity contribution in [3.05, 3.63) is 23.4 Å². The minimum absolute atomic E-state index is 0.0835. The average Bonchev–Trinajstić information content (AvgIpc) is 2.87. The van der Waals surface area contributed by atoms with Gasteiger partial charge in [-0.05, 0) is 44.1 Å². The van der Waals surface area contributed by atoms with E-state index in [1.54, 1.807) is 0 Å². The Morgan fingerprint density at radius 2 is 2.16 bits per heavy atom. The normalized spacial score (nSPS) is 19.7. The fourth-order valence-corrected chi connectivity index (χ4v) is 2.51. The number of aromatic nitrogens is 1. The van der Waals surface area contributed by atoms with Gasteiger partial charge in [0.15, 0.2) is 0 Å². The second-order valence-corrected chi connectivity index (χ2v) is 5.92. The summed E-state index contributed by atoms with van der Waals surface area (Å²) in [6.45, 7) is 6.43. The molecule has 0 amide bonds. The molecule has 1 unspecified atom stereocenters. The van der Waals surface area contributed by atoms with Crippen LogP contribution in [0.15, 0.2) is 12.1 Å². The minimum Gasteiger partial charge on any atom is -0.392 e. The Kier molecular flexibility index (Phi) is 4.42. The van der Waals surface area contributed by atoms with Gasteiger partial charge in [-0.2, -0.15) is 0 Å². The topological polar surface area (TPSA) is 39.6 Å². The van der Waals surface area contributed by atoms with Gasteiger partial charge in [-0.25, -0.2) is 4.98 Å². The van der Waals surface area contributed by atoms with Crippen LogP contribution in [-0.4, -0.2) is 48.2 Å². The first-order valence-electron chi connectivity index (χ1n) is 7.04. The Hall–Kier alpha value is -1.13. The molecule has 0 aliphatic carbocycles. The summed E-state index contributed by atoms with van der Waals surface area (Å²) in [7, 11) is 4.26. The zero-order valence-electron chi connectivity index (χ0n) is 12.4. The van der Waals surface area contributed by atoms with Crippen molar-refractivity contribution in [2.45, 2.75) is 38.8 Å². The van der Waals surface area contributed by atoms with Crippen LogP contribution >= 0.6 is 0 Å². The maximum absolute atomic E-state index is 9.40. The Morgan fingerprint density at radius 3 is 2.68 bits per heavy atom. The highest BCUT2D eigenvalue weighted by Crippen LogP contribution is 2.24. The second kappa shape index (κ2) is 5.88. The molecule has 19 heavy (non-hydrogen) atoms. The lowest BCUT2D eigenvalue weighted by Gasteiger charge is -2.22. The van der Waals surface area contributed by atoms with Crippen LogP contribution in [-0.2, 0) is 6.61 Å². The lowest BCUT2D eigenvalue weighted by Crippen LogP contribution is -2.31. The second-order valence-electron chi connectivity index (χ2n) is 5.92. The fraction of sp³-hybridized carbons (Fsp3) is 0.667. The summed E-state index contributed by atoms with van der Waals surface area (Å²) in [6.07, 6.45) is 1.18. The number of likely N-dealkylation sites (N-methyl/N-ethyl adjacent to an activating group) is 1. The van der Waals surface area contributed by atoms with Gasteiger partial charge in [0.25, 0.3) is 0 Å². The Bertz CT molecular complexity index is 431. The van der Waals surface area contributed by atoms with E-state index < -0.39 is 0 Å². The predicted molar refractivity (Wildman–Crippen MR) is 78.6 cm³/mol. The van der Waals surface area contributed by atoms with E-state index in [4.69, 9.17) is 4.98 Å². The van der Waals surface area contributed by atoms with E-state index in [0.717, 1.165) is 30.2 Å². The number of nitrogens with zero attached hydrogens (tertiary/aromatic N) is 3. The summed E-state index contributed by atoms with van der Waals surface area (Å²) in [5, 5.41) is 9.40. The summed E-state index contributed by atoms with van der Waals surface area (Å²) in [6, 6.07) is 4.62. The van der Waals surface area contributed by atoms with E-state index in [0.29, 0.717) is 12.0 Å². The van der Waals surface area contributed by atoms with E-state index in [-0.39, 0.29) is 6.61 Å². The monoisotopic (exact) mass is 263 g/mol. The average molecular weight is 263 g/mol. The van der Waals surface area contributed by atoms with Gasteiger partial charge >= 0.3 is 0 Å². The Labute approximate surface area is 116 Å². The lowest BCUT2D eigenvalue weighted by molar-refractivity contribution is 0.281. The molecule has 4 heteroatoms. The molecule has 1 aromatic rings. The van der Waals surface area contributed by atoms with Gasteiger partial charge in [-0.15, -0.1) is 0 Å². The third kappa shape index (κ3) is 3.25. The summed E-state index contributed by atoms with van der Waals surface area (Å²) in [5.41, 5.74) is 2.02. The highest BCUT2D eigenvalue weighted by atomic mass is 16.3. The van der Waals surface area contributed by atoms with Gasteiger partial charge < -0.3 is 14.9 Å². The molecular weight excluding hydrogens is 238 g/mol. The third-order valence-corrected chi connectivity index (χ3v) is 3.88. The number of pyridine rings is 1. The molecule has 1 atom stereocenters. The van der Waals surface area contributed by atoms with E-state index in [2.05, 4.69) is 37.7 Å². The van der Waals surface area contributed by atoms with Gasteiger partial charge in [-0.1, -0.05) is 13.8 Å². The lowest BCUT2D eigenvalue weighted by atomic mass is 10.1. The molecule has 2 heterocycles. The van der Waals surface area contributed by atoms with Crippen molar-refractivity contribution >= 4 is 5.82 Å². The van der Waals surface area contributed by atoms with Crippen LogP contribution in [0.1, 0.15) is 37.4 Å². The highest BCUT2D eigenvalue weighted by Gasteiger charge is 2.25. The number of hydrogen-bond acceptors (Lipinski definition) is 4. The molecule has 1 aromatic heterocycles. The number of hydrogen-bond donors (Lipinski definition) is 1. The summed E-state index contributed by atoms with van der Waals surface area (Å²) >= 11 is 0. The molecule has 1 N–H and O–H groups in total. The highest BCUT2D eigenvalue weighted by molar-refractivity contribution is 5.44. The molecular formula is C15H25N3O. The summed E-state index contributed by atoms with van der Waals surface area (Å²) in [4.78, 5) is 9.36. The number of aliphatic hydroxyl groups is 1. The van der Waals surface area contributed by atoms with Crippen LogP contribution in [0.2, 0.25) is 0 Å². The Morgan fingerprint density at radius 1 is 1.42 bits per heavy atom. The van der Waals surface area contributed by atoms with E-state index in [9.17, 15) is 5.11 Å². The maximum Gasteiger partial charge on any atom is 0.129 e. The van der Waals surface area contributed by atoms with Crippen LogP contribution in [0, 0.1) is 0 Å². The first kappa shape index (κ1) is 14.3. The van der Waals surface area contributed by atoms with Crippen LogP contribution in [0.25, 0.3) is 0 Å². The fourth-order valence-electron chi connectivity index (χ4n) is 2.51. The molecule has 4 nitrogen and oxygen atoms in total. The molecule has 0 aromatic carbocycles. The third-order valence-electron chi connectivity index (χ3n) is 3.88. The van der Waals surface area contributed by atoms with Gasteiger partial charge in [0, 0.05) is 24.8 Å². The largest absolute Gasteiger partial charge is 0.392 e. The Balaban J connectivity index is 2.22. The van der Waals surface area contributed by atoms with Crippen molar-refractivity contribution in [2.75, 3.05) is 32.1 Å². The van der Waals surface area contributed by atoms with Crippen molar-refractivity contribution < 1.29 is 5.11 Å². The minimum atomic E-state index is 0.0835. The molecule has 0 bridgehead atoms. The van der Waals surface area contributed by atoms with Gasteiger partial charge in [0.2, 0.25) is 0 Å². The van der Waals surface area contributed by atoms with Crippen LogP contribution in [0.4, 0.5) is 5.82 Å². The zero-order chi connectivity index (χ0) is 14.0. The molecule has 0 radical (unpaired) electrons. The molecule has 106 valence electrons. The van der Waals surface area contributed by atoms with Crippen molar-refractivity contribution in [1.29, 1.82) is 0 Å². The van der Waals surface area contributed by atoms with E-state index >= 15 is 0 Å². The first-order valence-corrected chi connectivity index (χ1v) is 7.04. The van der Waals surface area contributed by atoms with Crippen molar-refractivity contribution in [3.63, 3.8) is 0 Å². The van der Waals surface area contributed by atoms with Crippen molar-refractivity contribution in [1.82, 2.24) is 9.88 Å². The number of rotatable bonds is 4. The summed E-state index contributed by atoms with van der Waals surface area (Å²) in [5.74, 6) is 1.40. The first-order chi connectivity index (χ1) is 9.01. The van der Waals surface area contributed by atoms with E-state index in [1.165, 1.54) is 6.42 Å². The van der Waals surface area contributed by atoms with Crippen LogP contribution in [0.3, 0.4) is 0 Å². The van der Waals surface area contributed by atoms with E-state index in [1.807, 2.05) is 12.1 Å². The zero-order valence-corrected chi connectivity index (χ0v) is 12.4. The molecule has 1 fully saturated rings. The quantitative estimate of drug-likeness (QED) is 0.900. The van der Waals surface area contributed by atoms with Crippen LogP contribution < -0.4 is 4.90 Å². The molecule has 1 saturated heterocycles. The summed E-state index contributed by atoms with van der Waals surface area (Å²) < 4.78 is 0. The van der Waals surface area contributed by atoms with Crippen molar-refractivity contribution in [2.24, 2.45) is 0 Å². The predicted octanol–water partition coefficient (Wildman–Crippen LogP) is 1.84. The molecule has 1 aliphatic heterocycles. The molecule has 1 aliphatic rings. The maximum atomic E-state index is 9.40. The van der Waals surface area contributed by atoms with Gasteiger partial charge in [0.1, 0.15) is 5.82 Å². The standard InChI is InChI=1S/C15H25N3O/c1-11(2)14-7-12(10-19)8-15(16-14)18-6-5-13(9-18)17(3)4/h7-8,11,13,19H,5-6,9-10H2,1-4H3. The van der Waals surface area contributed by atoms with Crippen LogP contribution in [0.5, 0.6) is 0 Å². The molecule has 0 saturated carbocycles. The van der Waals surface area contributed by atoms with Gasteiger partial charge in [0.05, 0.1) is 6.61 Å². The number of anilines is 1.